The Bertz CT molecular complexity index is 801. The summed E-state index contributed by atoms with van der Waals surface area (Å²) in [6.45, 7) is 15.4. The molecule has 180 valence electrons. The van der Waals surface area contributed by atoms with Crippen molar-refractivity contribution in [2.75, 3.05) is 10.5 Å². The quantitative estimate of drug-likeness (QED) is 0.261. The highest BCUT2D eigenvalue weighted by Crippen LogP contribution is 2.20. The fourth-order valence-corrected chi connectivity index (χ4v) is 2.68. The first-order valence-corrected chi connectivity index (χ1v) is 12.5. The van der Waals surface area contributed by atoms with Crippen LogP contribution < -0.4 is 10.5 Å². The lowest BCUT2D eigenvalue weighted by atomic mass is 9.88. The second kappa shape index (κ2) is 21.6. The van der Waals surface area contributed by atoms with Crippen LogP contribution in [0.1, 0.15) is 41.5 Å². The Morgan fingerprint density at radius 2 is 0.879 bits per heavy atom. The molecule has 33 heavy (non-hydrogen) atoms. The third-order valence-corrected chi connectivity index (χ3v) is 4.12. The predicted molar refractivity (Wildman–Crippen MR) is 155 cm³/mol. The van der Waals surface area contributed by atoms with Gasteiger partial charge in [-0.2, -0.15) is 0 Å². The van der Waals surface area contributed by atoms with Gasteiger partial charge in [0.25, 0.3) is 0 Å². The van der Waals surface area contributed by atoms with Crippen molar-refractivity contribution in [3.63, 3.8) is 0 Å². The van der Waals surface area contributed by atoms with E-state index in [4.69, 9.17) is 5.02 Å². The van der Waals surface area contributed by atoms with Gasteiger partial charge in [-0.15, -0.1) is 0 Å². The van der Waals surface area contributed by atoms with Gasteiger partial charge in [0.05, 0.1) is 0 Å². The van der Waals surface area contributed by atoms with E-state index in [1.165, 1.54) is 11.1 Å². The fourth-order valence-electron chi connectivity index (χ4n) is 2.42. The molecule has 0 saturated carbocycles. The standard InChI is InChI=1S/C13H14BNO.C7H9BBrNO.3C2H6/c1-14(16)15-13-9-7-12(8-10-13)11-5-3-2-4-6-11;1-8(11)10-7-4-2-6(9)3-5-7;3*1-2/h2-10,15-16H,1H3;2-5,10-11H,1H3;3*1-2H3. The third-order valence-electron chi connectivity index (χ3n) is 3.59. The lowest BCUT2D eigenvalue weighted by molar-refractivity contribution is 0.586. The van der Waals surface area contributed by atoms with Gasteiger partial charge in [-0.1, -0.05) is 99.9 Å². The molecule has 0 aliphatic carbocycles. The molecular weight excluding hydrogens is 474 g/mol. The Hall–Kier alpha value is -2.21. The molecule has 0 atom stereocenters. The molecule has 0 radical (unpaired) electrons. The third kappa shape index (κ3) is 16.1. The van der Waals surface area contributed by atoms with Crippen LogP contribution in [0, 0.1) is 0 Å². The topological polar surface area (TPSA) is 64.5 Å². The van der Waals surface area contributed by atoms with Crippen molar-refractivity contribution in [2.45, 2.75) is 55.2 Å². The van der Waals surface area contributed by atoms with E-state index in [0.717, 1.165) is 15.8 Å². The summed E-state index contributed by atoms with van der Waals surface area (Å²) in [6.07, 6.45) is 0. The average Bonchev–Trinajstić information content (AvgIpc) is 2.85. The smallest absolute Gasteiger partial charge is 0.406 e. The van der Waals surface area contributed by atoms with Gasteiger partial charge >= 0.3 is 14.1 Å². The minimum atomic E-state index is -0.525. The van der Waals surface area contributed by atoms with Crippen molar-refractivity contribution in [1.29, 1.82) is 0 Å². The number of hydrogen-bond acceptors (Lipinski definition) is 4. The van der Waals surface area contributed by atoms with Crippen LogP contribution in [0.25, 0.3) is 11.1 Å². The van der Waals surface area contributed by atoms with E-state index in [1.807, 2.05) is 108 Å². The summed E-state index contributed by atoms with van der Waals surface area (Å²) >= 11 is 3.32. The molecule has 0 aliphatic rings. The van der Waals surface area contributed by atoms with Crippen molar-refractivity contribution in [3.8, 4) is 11.1 Å². The minimum Gasteiger partial charge on any atom is -0.433 e. The van der Waals surface area contributed by atoms with Crippen LogP contribution in [0.4, 0.5) is 11.4 Å². The van der Waals surface area contributed by atoms with Crippen LogP contribution in [0.15, 0.2) is 83.3 Å². The normalized spacial score (nSPS) is 8.45. The molecule has 4 nitrogen and oxygen atoms in total. The Labute approximate surface area is 211 Å². The van der Waals surface area contributed by atoms with Crippen molar-refractivity contribution >= 4 is 41.4 Å². The van der Waals surface area contributed by atoms with Gasteiger partial charge in [0.15, 0.2) is 0 Å². The van der Waals surface area contributed by atoms with Crippen LogP contribution in [0.2, 0.25) is 13.6 Å². The Kier molecular flexibility index (Phi) is 21.6. The van der Waals surface area contributed by atoms with Crippen molar-refractivity contribution in [2.24, 2.45) is 0 Å². The van der Waals surface area contributed by atoms with Crippen LogP contribution in [0.3, 0.4) is 0 Å². The molecule has 0 aromatic heterocycles. The lowest BCUT2D eigenvalue weighted by Gasteiger charge is -2.07. The van der Waals surface area contributed by atoms with E-state index in [-0.39, 0.29) is 0 Å². The molecule has 7 heteroatoms. The van der Waals surface area contributed by atoms with E-state index in [9.17, 15) is 5.02 Å². The van der Waals surface area contributed by atoms with Gasteiger partial charge in [-0.3, -0.25) is 0 Å². The maximum absolute atomic E-state index is 9.18. The summed E-state index contributed by atoms with van der Waals surface area (Å²) in [5, 5.41) is 23.9. The fraction of sp³-hybridized carbons (Fsp3) is 0.308. The van der Waals surface area contributed by atoms with Gasteiger partial charge in [-0.25, -0.2) is 0 Å². The molecule has 3 aromatic rings. The molecule has 0 unspecified atom stereocenters. The maximum Gasteiger partial charge on any atom is 0.406 e. The first kappa shape index (κ1) is 33.0. The highest BCUT2D eigenvalue weighted by Gasteiger charge is 2.03. The Morgan fingerprint density at radius 3 is 1.24 bits per heavy atom. The minimum absolute atomic E-state index is 0.504. The highest BCUT2D eigenvalue weighted by atomic mass is 79.9. The van der Waals surface area contributed by atoms with Gasteiger partial charge in [0.2, 0.25) is 0 Å². The summed E-state index contributed by atoms with van der Waals surface area (Å²) in [7, 11) is -1.03. The summed E-state index contributed by atoms with van der Waals surface area (Å²) in [5.74, 6) is 0. The summed E-state index contributed by atoms with van der Waals surface area (Å²) < 4.78 is 1.04. The molecule has 0 bridgehead atoms. The van der Waals surface area contributed by atoms with E-state index in [0.29, 0.717) is 0 Å². The molecule has 0 aliphatic heterocycles. The average molecular weight is 515 g/mol. The number of nitrogens with one attached hydrogen (secondary N) is 2. The highest BCUT2D eigenvalue weighted by molar-refractivity contribution is 9.10. The SMILES string of the molecule is CB(O)Nc1ccc(-c2ccccc2)cc1.CB(O)Nc1ccc(Br)cc1.CC.CC.CC. The molecule has 0 fully saturated rings. The summed E-state index contributed by atoms with van der Waals surface area (Å²) in [4.78, 5) is 0. The van der Waals surface area contributed by atoms with E-state index < -0.39 is 14.1 Å². The van der Waals surface area contributed by atoms with Gasteiger partial charge in [0.1, 0.15) is 0 Å². The molecule has 0 saturated heterocycles. The number of halogens is 1. The molecule has 3 aromatic carbocycles. The predicted octanol–water partition coefficient (Wildman–Crippen LogP) is 7.93. The van der Waals surface area contributed by atoms with E-state index in [2.05, 4.69) is 38.5 Å². The zero-order valence-corrected chi connectivity index (χ0v) is 23.0. The molecule has 0 amide bonds. The van der Waals surface area contributed by atoms with Crippen LogP contribution in [-0.2, 0) is 0 Å². The zero-order valence-electron chi connectivity index (χ0n) is 21.4. The molecule has 4 N–H and O–H groups in total. The van der Waals surface area contributed by atoms with Gasteiger partial charge in [0, 0.05) is 15.8 Å². The molecule has 0 heterocycles. The van der Waals surface area contributed by atoms with Crippen molar-refractivity contribution in [3.05, 3.63) is 83.3 Å². The van der Waals surface area contributed by atoms with E-state index >= 15 is 0 Å². The Morgan fingerprint density at radius 1 is 0.545 bits per heavy atom. The first-order chi connectivity index (χ1) is 15.9. The lowest BCUT2D eigenvalue weighted by Crippen LogP contribution is -2.19. The largest absolute Gasteiger partial charge is 0.433 e. The number of anilines is 2. The zero-order chi connectivity index (χ0) is 25.6. The summed E-state index contributed by atoms with van der Waals surface area (Å²) in [5.41, 5.74) is 4.22. The van der Waals surface area contributed by atoms with Gasteiger partial charge < -0.3 is 20.5 Å². The van der Waals surface area contributed by atoms with Crippen molar-refractivity contribution < 1.29 is 10.0 Å². The molecule has 0 spiro atoms. The monoisotopic (exact) mass is 514 g/mol. The molecule has 3 rings (SSSR count). The van der Waals surface area contributed by atoms with Crippen LogP contribution in [-0.4, -0.2) is 24.1 Å². The second-order valence-electron chi connectivity index (χ2n) is 6.09. The second-order valence-corrected chi connectivity index (χ2v) is 7.01. The van der Waals surface area contributed by atoms with Crippen LogP contribution >= 0.6 is 15.9 Å². The Balaban J connectivity index is 0. The van der Waals surface area contributed by atoms with Gasteiger partial charge in [-0.05, 0) is 61.2 Å². The molecular formula is C26H41B2BrN2O2. The van der Waals surface area contributed by atoms with Crippen molar-refractivity contribution in [1.82, 2.24) is 0 Å². The number of rotatable bonds is 5. The number of benzene rings is 3. The van der Waals surface area contributed by atoms with E-state index in [1.54, 1.807) is 13.6 Å². The first-order valence-electron chi connectivity index (χ1n) is 11.7. The maximum atomic E-state index is 9.18. The number of hydrogen-bond donors (Lipinski definition) is 4. The van der Waals surface area contributed by atoms with Crippen LogP contribution in [0.5, 0.6) is 0 Å². The summed E-state index contributed by atoms with van der Waals surface area (Å²) in [6, 6.07) is 25.9.